The highest BCUT2D eigenvalue weighted by Crippen LogP contribution is 2.32. The number of hydrogen-bond acceptors (Lipinski definition) is 5. The zero-order valence-corrected chi connectivity index (χ0v) is 19.0. The van der Waals surface area contributed by atoms with Crippen LogP contribution in [0.4, 0.5) is 0 Å². The standard InChI is InChI=1S/C21H22Cl2N4O2S/c1-3-27-20(14(2)29-18-11-16(22)9-10-17(18)23)25-26-21(27)30-13-19(28)24-12-15-7-5-4-6-8-15/h4-11,14H,3,12-13H2,1-2H3,(H,24,28). The third kappa shape index (κ3) is 5.90. The van der Waals surface area contributed by atoms with E-state index in [2.05, 4.69) is 15.5 Å². The topological polar surface area (TPSA) is 69.0 Å². The monoisotopic (exact) mass is 464 g/mol. The minimum Gasteiger partial charge on any atom is -0.481 e. The molecule has 0 radical (unpaired) electrons. The van der Waals surface area contributed by atoms with Gasteiger partial charge in [0.25, 0.3) is 0 Å². The van der Waals surface area contributed by atoms with Crippen molar-refractivity contribution in [1.29, 1.82) is 0 Å². The minimum atomic E-state index is -0.394. The summed E-state index contributed by atoms with van der Waals surface area (Å²) in [4.78, 5) is 12.2. The van der Waals surface area contributed by atoms with Crippen LogP contribution in [0.25, 0.3) is 0 Å². The van der Waals surface area contributed by atoms with Crippen molar-refractivity contribution in [2.45, 2.75) is 38.2 Å². The summed E-state index contributed by atoms with van der Waals surface area (Å²) in [5.74, 6) is 1.32. The number of aromatic nitrogens is 3. The highest BCUT2D eigenvalue weighted by Gasteiger charge is 2.20. The smallest absolute Gasteiger partial charge is 0.230 e. The summed E-state index contributed by atoms with van der Waals surface area (Å²) in [6.45, 7) is 5.00. The molecule has 1 aromatic heterocycles. The van der Waals surface area contributed by atoms with Crippen LogP contribution in [0.2, 0.25) is 10.0 Å². The van der Waals surface area contributed by atoms with Crippen LogP contribution in [0, 0.1) is 0 Å². The van der Waals surface area contributed by atoms with Gasteiger partial charge in [-0.1, -0.05) is 65.3 Å². The Balaban J connectivity index is 1.60. The predicted molar refractivity (Wildman–Crippen MR) is 120 cm³/mol. The molecular weight excluding hydrogens is 443 g/mol. The maximum absolute atomic E-state index is 12.2. The molecule has 0 saturated heterocycles. The van der Waals surface area contributed by atoms with Gasteiger partial charge in [0.2, 0.25) is 5.91 Å². The number of thioether (sulfide) groups is 1. The predicted octanol–water partition coefficient (Wildman–Crippen LogP) is 5.15. The maximum Gasteiger partial charge on any atom is 0.230 e. The van der Waals surface area contributed by atoms with E-state index in [-0.39, 0.29) is 11.7 Å². The number of rotatable bonds is 9. The number of nitrogens with zero attached hydrogens (tertiary/aromatic N) is 3. The first kappa shape index (κ1) is 22.5. The Bertz CT molecular complexity index is 998. The van der Waals surface area contributed by atoms with Crippen molar-refractivity contribution in [3.05, 3.63) is 70.0 Å². The van der Waals surface area contributed by atoms with E-state index in [0.29, 0.717) is 39.9 Å². The minimum absolute atomic E-state index is 0.0638. The van der Waals surface area contributed by atoms with Gasteiger partial charge in [0.05, 0.1) is 10.8 Å². The Morgan fingerprint density at radius 1 is 1.20 bits per heavy atom. The third-order valence-electron chi connectivity index (χ3n) is 4.29. The van der Waals surface area contributed by atoms with Crippen LogP contribution in [0.15, 0.2) is 53.7 Å². The second-order valence-corrected chi connectivity index (χ2v) is 8.26. The van der Waals surface area contributed by atoms with Crippen LogP contribution in [0.3, 0.4) is 0 Å². The zero-order chi connectivity index (χ0) is 21.5. The Kier molecular flexibility index (Phi) is 8.01. The summed E-state index contributed by atoms with van der Waals surface area (Å²) in [6.07, 6.45) is -0.394. The molecule has 6 nitrogen and oxygen atoms in total. The summed E-state index contributed by atoms with van der Waals surface area (Å²) in [5.41, 5.74) is 1.06. The average molecular weight is 465 g/mol. The molecule has 9 heteroatoms. The molecule has 158 valence electrons. The van der Waals surface area contributed by atoms with Crippen LogP contribution in [0.1, 0.15) is 31.3 Å². The van der Waals surface area contributed by atoms with Crippen LogP contribution in [-0.2, 0) is 17.9 Å². The molecule has 0 fully saturated rings. The lowest BCUT2D eigenvalue weighted by molar-refractivity contribution is -0.118. The number of benzene rings is 2. The second-order valence-electron chi connectivity index (χ2n) is 6.47. The molecule has 1 heterocycles. The molecule has 2 aromatic carbocycles. The van der Waals surface area contributed by atoms with Crippen LogP contribution in [-0.4, -0.2) is 26.4 Å². The normalized spacial score (nSPS) is 11.9. The molecule has 1 atom stereocenters. The van der Waals surface area contributed by atoms with E-state index >= 15 is 0 Å². The van der Waals surface area contributed by atoms with E-state index < -0.39 is 6.10 Å². The number of hydrogen-bond donors (Lipinski definition) is 1. The highest BCUT2D eigenvalue weighted by molar-refractivity contribution is 7.99. The highest BCUT2D eigenvalue weighted by atomic mass is 35.5. The van der Waals surface area contributed by atoms with Crippen molar-refractivity contribution in [3.63, 3.8) is 0 Å². The number of ether oxygens (including phenoxy) is 1. The first-order chi connectivity index (χ1) is 14.5. The van der Waals surface area contributed by atoms with E-state index in [0.717, 1.165) is 5.56 Å². The van der Waals surface area contributed by atoms with Gasteiger partial charge in [0, 0.05) is 24.2 Å². The Hall–Kier alpha value is -2.22. The van der Waals surface area contributed by atoms with Gasteiger partial charge in [-0.3, -0.25) is 4.79 Å². The van der Waals surface area contributed by atoms with Gasteiger partial charge in [0.1, 0.15) is 5.75 Å². The van der Waals surface area contributed by atoms with E-state index in [4.69, 9.17) is 27.9 Å². The molecule has 0 aliphatic carbocycles. The van der Waals surface area contributed by atoms with Gasteiger partial charge < -0.3 is 14.6 Å². The number of carbonyl (C=O) groups is 1. The number of carbonyl (C=O) groups excluding carboxylic acids is 1. The first-order valence-electron chi connectivity index (χ1n) is 9.46. The molecule has 30 heavy (non-hydrogen) atoms. The Morgan fingerprint density at radius 2 is 1.97 bits per heavy atom. The van der Waals surface area contributed by atoms with Crippen molar-refractivity contribution < 1.29 is 9.53 Å². The van der Waals surface area contributed by atoms with Crippen LogP contribution in [0.5, 0.6) is 5.75 Å². The van der Waals surface area contributed by atoms with Crippen LogP contribution >= 0.6 is 35.0 Å². The fourth-order valence-electron chi connectivity index (χ4n) is 2.79. The summed E-state index contributed by atoms with van der Waals surface area (Å²) < 4.78 is 7.88. The fraction of sp³-hybridized carbons (Fsp3) is 0.286. The fourth-order valence-corrected chi connectivity index (χ4v) is 3.96. The Morgan fingerprint density at radius 3 is 2.70 bits per heavy atom. The third-order valence-corrected chi connectivity index (χ3v) is 5.80. The van der Waals surface area contributed by atoms with E-state index in [1.165, 1.54) is 11.8 Å². The molecule has 3 aromatic rings. The molecule has 1 N–H and O–H groups in total. The molecule has 1 unspecified atom stereocenters. The molecule has 0 spiro atoms. The maximum atomic E-state index is 12.2. The largest absolute Gasteiger partial charge is 0.481 e. The summed E-state index contributed by atoms with van der Waals surface area (Å²) in [5, 5.41) is 13.1. The zero-order valence-electron chi connectivity index (χ0n) is 16.6. The van der Waals surface area contributed by atoms with Crippen molar-refractivity contribution in [2.75, 3.05) is 5.75 Å². The lowest BCUT2D eigenvalue weighted by atomic mass is 10.2. The molecule has 0 saturated carbocycles. The van der Waals surface area contributed by atoms with E-state index in [1.54, 1.807) is 18.2 Å². The van der Waals surface area contributed by atoms with Gasteiger partial charge in [-0.25, -0.2) is 0 Å². The quantitative estimate of drug-likeness (QED) is 0.443. The van der Waals surface area contributed by atoms with E-state index in [9.17, 15) is 4.79 Å². The molecule has 0 aliphatic heterocycles. The molecular formula is C21H22Cl2N4O2S. The second kappa shape index (κ2) is 10.7. The lowest BCUT2D eigenvalue weighted by Gasteiger charge is -2.16. The van der Waals surface area contributed by atoms with Crippen molar-refractivity contribution in [2.24, 2.45) is 0 Å². The van der Waals surface area contributed by atoms with Gasteiger partial charge in [-0.2, -0.15) is 0 Å². The number of amides is 1. The molecule has 0 bridgehead atoms. The van der Waals surface area contributed by atoms with Crippen molar-refractivity contribution >= 4 is 40.9 Å². The van der Waals surface area contributed by atoms with E-state index in [1.807, 2.05) is 48.7 Å². The lowest BCUT2D eigenvalue weighted by Crippen LogP contribution is -2.24. The summed E-state index contributed by atoms with van der Waals surface area (Å²) >= 11 is 13.6. The molecule has 0 aliphatic rings. The van der Waals surface area contributed by atoms with Crippen molar-refractivity contribution in [1.82, 2.24) is 20.1 Å². The SMILES string of the molecule is CCn1c(SCC(=O)NCc2ccccc2)nnc1C(C)Oc1cc(Cl)ccc1Cl. The number of nitrogens with one attached hydrogen (secondary N) is 1. The van der Waals surface area contributed by atoms with Gasteiger partial charge in [-0.15, -0.1) is 10.2 Å². The summed E-state index contributed by atoms with van der Waals surface area (Å²) in [6, 6.07) is 14.8. The molecule has 1 amide bonds. The van der Waals surface area contributed by atoms with Gasteiger partial charge >= 0.3 is 0 Å². The number of halogens is 2. The van der Waals surface area contributed by atoms with Gasteiger partial charge in [0.15, 0.2) is 17.1 Å². The first-order valence-corrected chi connectivity index (χ1v) is 11.2. The Labute approximate surface area is 189 Å². The van der Waals surface area contributed by atoms with Crippen molar-refractivity contribution in [3.8, 4) is 5.75 Å². The van der Waals surface area contributed by atoms with Crippen LogP contribution < -0.4 is 10.1 Å². The summed E-state index contributed by atoms with van der Waals surface area (Å²) in [7, 11) is 0. The van der Waals surface area contributed by atoms with Gasteiger partial charge in [-0.05, 0) is 31.5 Å². The molecule has 3 rings (SSSR count). The average Bonchev–Trinajstić information content (AvgIpc) is 3.17.